The summed E-state index contributed by atoms with van der Waals surface area (Å²) in [7, 11) is 0. The fourth-order valence-electron chi connectivity index (χ4n) is 3.67. The van der Waals surface area contributed by atoms with Gasteiger partial charge in [-0.05, 0) is 36.3 Å². The van der Waals surface area contributed by atoms with Crippen molar-refractivity contribution < 1.29 is 14.7 Å². The van der Waals surface area contributed by atoms with Crippen LogP contribution in [0.1, 0.15) is 39.4 Å². The lowest BCUT2D eigenvalue weighted by atomic mass is 10.2. The number of aromatic carboxylic acids is 1. The van der Waals surface area contributed by atoms with E-state index in [0.717, 1.165) is 16.8 Å². The molecule has 0 saturated heterocycles. The Labute approximate surface area is 153 Å². The largest absolute Gasteiger partial charge is 0.478 e. The Bertz CT molecular complexity index is 1030. The molecule has 0 aromatic carbocycles. The van der Waals surface area contributed by atoms with E-state index in [2.05, 4.69) is 21.1 Å². The minimum Gasteiger partial charge on any atom is -0.478 e. The summed E-state index contributed by atoms with van der Waals surface area (Å²) in [5.74, 6) is -0.366. The molecule has 1 saturated carbocycles. The van der Waals surface area contributed by atoms with Crippen molar-refractivity contribution in [1.29, 1.82) is 0 Å². The van der Waals surface area contributed by atoms with E-state index >= 15 is 0 Å². The first kappa shape index (κ1) is 15.6. The van der Waals surface area contributed by atoms with Gasteiger partial charge in [-0.15, -0.1) is 11.3 Å². The molecule has 5 rings (SSSR count). The van der Waals surface area contributed by atoms with Gasteiger partial charge in [0.25, 0.3) is 5.91 Å². The standard InChI is InChI=1S/C18H18N4O3S/c23-17(20-4-5-22-15(10-20)12(8-19-22)18(24)25)14-7-16-13(3-6-26-16)21(14)9-11-1-2-11/h3,6-8,11H,1-2,4-5,9-10H2,(H,24,25). The maximum absolute atomic E-state index is 13.2. The van der Waals surface area contributed by atoms with E-state index in [-0.39, 0.29) is 18.0 Å². The SMILES string of the molecule is O=C(O)c1cnn2c1CN(C(=O)c1cc3sccc3n1CC1CC1)CC2. The second kappa shape index (κ2) is 5.70. The molecule has 26 heavy (non-hydrogen) atoms. The topological polar surface area (TPSA) is 80.4 Å². The van der Waals surface area contributed by atoms with Crippen LogP contribution in [0.5, 0.6) is 0 Å². The van der Waals surface area contributed by atoms with Crippen molar-refractivity contribution in [2.75, 3.05) is 6.54 Å². The molecule has 1 aliphatic carbocycles. The zero-order valence-electron chi connectivity index (χ0n) is 14.1. The van der Waals surface area contributed by atoms with E-state index in [0.29, 0.717) is 30.4 Å². The quantitative estimate of drug-likeness (QED) is 0.766. The Morgan fingerprint density at radius 3 is 2.92 bits per heavy atom. The second-order valence-electron chi connectivity index (χ2n) is 7.01. The van der Waals surface area contributed by atoms with E-state index in [1.807, 2.05) is 6.07 Å². The molecule has 3 aromatic rings. The predicted octanol–water partition coefficient (Wildman–Crippen LogP) is 2.66. The second-order valence-corrected chi connectivity index (χ2v) is 7.96. The van der Waals surface area contributed by atoms with Gasteiger partial charge in [-0.1, -0.05) is 0 Å². The first-order valence-electron chi connectivity index (χ1n) is 8.76. The molecule has 4 heterocycles. The number of amides is 1. The molecule has 1 N–H and O–H groups in total. The van der Waals surface area contributed by atoms with Gasteiger partial charge in [0, 0.05) is 13.1 Å². The van der Waals surface area contributed by atoms with Crippen molar-refractivity contribution in [3.05, 3.63) is 40.7 Å². The summed E-state index contributed by atoms with van der Waals surface area (Å²) in [4.78, 5) is 26.4. The molecule has 1 fully saturated rings. The Balaban J connectivity index is 1.48. The van der Waals surface area contributed by atoms with Gasteiger partial charge in [-0.25, -0.2) is 4.79 Å². The summed E-state index contributed by atoms with van der Waals surface area (Å²) in [5, 5.41) is 15.5. The van der Waals surface area contributed by atoms with E-state index in [1.54, 1.807) is 20.9 Å². The number of aromatic nitrogens is 3. The normalized spacial score (nSPS) is 16.8. The number of nitrogens with zero attached hydrogens (tertiary/aromatic N) is 4. The van der Waals surface area contributed by atoms with E-state index in [4.69, 9.17) is 0 Å². The minimum atomic E-state index is -1.00. The number of carbonyl (C=O) groups is 2. The average Bonchev–Trinajstić information content (AvgIpc) is 3.05. The maximum atomic E-state index is 13.2. The van der Waals surface area contributed by atoms with Crippen LogP contribution >= 0.6 is 11.3 Å². The highest BCUT2D eigenvalue weighted by molar-refractivity contribution is 7.17. The third-order valence-electron chi connectivity index (χ3n) is 5.27. The lowest BCUT2D eigenvalue weighted by Crippen LogP contribution is -2.39. The van der Waals surface area contributed by atoms with Crippen LogP contribution in [0.4, 0.5) is 0 Å². The highest BCUT2D eigenvalue weighted by Crippen LogP contribution is 2.35. The Hall–Kier alpha value is -2.61. The van der Waals surface area contributed by atoms with Crippen molar-refractivity contribution in [3.63, 3.8) is 0 Å². The lowest BCUT2D eigenvalue weighted by Gasteiger charge is -2.28. The first-order chi connectivity index (χ1) is 12.6. The highest BCUT2D eigenvalue weighted by atomic mass is 32.1. The lowest BCUT2D eigenvalue weighted by molar-refractivity contribution is 0.0660. The summed E-state index contributed by atoms with van der Waals surface area (Å²) in [5.41, 5.74) is 2.61. The summed E-state index contributed by atoms with van der Waals surface area (Å²) in [6, 6.07) is 4.06. The van der Waals surface area contributed by atoms with Crippen LogP contribution in [0.15, 0.2) is 23.7 Å². The van der Waals surface area contributed by atoms with Crippen molar-refractivity contribution in [2.24, 2.45) is 5.92 Å². The van der Waals surface area contributed by atoms with Gasteiger partial charge in [-0.2, -0.15) is 5.10 Å². The van der Waals surface area contributed by atoms with Gasteiger partial charge in [-0.3, -0.25) is 9.48 Å². The van der Waals surface area contributed by atoms with Crippen molar-refractivity contribution in [1.82, 2.24) is 19.2 Å². The van der Waals surface area contributed by atoms with Crippen molar-refractivity contribution in [3.8, 4) is 0 Å². The zero-order valence-corrected chi connectivity index (χ0v) is 14.9. The molecule has 0 spiro atoms. The molecule has 0 bridgehead atoms. The van der Waals surface area contributed by atoms with E-state index in [1.165, 1.54) is 19.0 Å². The number of carboxylic acid groups (broad SMARTS) is 1. The van der Waals surface area contributed by atoms with Crippen LogP contribution in [-0.2, 0) is 19.6 Å². The van der Waals surface area contributed by atoms with Crippen molar-refractivity contribution >= 4 is 33.4 Å². The summed E-state index contributed by atoms with van der Waals surface area (Å²) < 4.78 is 4.97. The zero-order chi connectivity index (χ0) is 17.8. The number of rotatable bonds is 4. The average molecular weight is 370 g/mol. The molecular weight excluding hydrogens is 352 g/mol. The van der Waals surface area contributed by atoms with Crippen LogP contribution in [0.25, 0.3) is 10.2 Å². The number of hydrogen-bond donors (Lipinski definition) is 1. The summed E-state index contributed by atoms with van der Waals surface area (Å²) in [6.07, 6.45) is 3.82. The Kier molecular flexibility index (Phi) is 3.43. The van der Waals surface area contributed by atoms with Gasteiger partial charge in [0.1, 0.15) is 11.3 Å². The highest BCUT2D eigenvalue weighted by Gasteiger charge is 2.30. The number of fused-ring (bicyclic) bond motifs is 2. The summed E-state index contributed by atoms with van der Waals surface area (Å²) in [6.45, 7) is 2.22. The molecule has 134 valence electrons. The van der Waals surface area contributed by atoms with Crippen LogP contribution in [0.3, 0.4) is 0 Å². The van der Waals surface area contributed by atoms with Gasteiger partial charge >= 0.3 is 5.97 Å². The van der Waals surface area contributed by atoms with Crippen molar-refractivity contribution in [2.45, 2.75) is 32.5 Å². The molecule has 7 nitrogen and oxygen atoms in total. The van der Waals surface area contributed by atoms with E-state index < -0.39 is 5.97 Å². The maximum Gasteiger partial charge on any atom is 0.339 e. The smallest absolute Gasteiger partial charge is 0.339 e. The molecule has 2 aliphatic rings. The number of thiophene rings is 1. The van der Waals surface area contributed by atoms with Crippen LogP contribution in [0, 0.1) is 5.92 Å². The molecular formula is C18H18N4O3S. The summed E-state index contributed by atoms with van der Waals surface area (Å²) >= 11 is 1.65. The number of carbonyl (C=O) groups excluding carboxylic acids is 1. The molecule has 0 atom stereocenters. The molecule has 0 unspecified atom stereocenters. The van der Waals surface area contributed by atoms with E-state index in [9.17, 15) is 14.7 Å². The number of hydrogen-bond acceptors (Lipinski definition) is 4. The van der Waals surface area contributed by atoms with Gasteiger partial charge in [0.05, 0.1) is 35.2 Å². The van der Waals surface area contributed by atoms with Crippen LogP contribution in [-0.4, -0.2) is 42.8 Å². The fraction of sp³-hybridized carbons (Fsp3) is 0.389. The molecule has 8 heteroatoms. The minimum absolute atomic E-state index is 0.0298. The molecule has 1 aliphatic heterocycles. The van der Waals surface area contributed by atoms with Gasteiger partial charge in [0.15, 0.2) is 0 Å². The fourth-order valence-corrected chi connectivity index (χ4v) is 4.49. The van der Waals surface area contributed by atoms with Gasteiger partial charge in [0.2, 0.25) is 0 Å². The number of carboxylic acids is 1. The third-order valence-corrected chi connectivity index (χ3v) is 6.12. The molecule has 0 radical (unpaired) electrons. The monoisotopic (exact) mass is 370 g/mol. The molecule has 3 aromatic heterocycles. The first-order valence-corrected chi connectivity index (χ1v) is 9.64. The van der Waals surface area contributed by atoms with Crippen LogP contribution in [0.2, 0.25) is 0 Å². The van der Waals surface area contributed by atoms with Gasteiger partial charge < -0.3 is 14.6 Å². The van der Waals surface area contributed by atoms with Crippen LogP contribution < -0.4 is 0 Å². The predicted molar refractivity (Wildman–Crippen MR) is 96.5 cm³/mol. The Morgan fingerprint density at radius 2 is 2.15 bits per heavy atom. The third kappa shape index (κ3) is 2.44. The Morgan fingerprint density at radius 1 is 1.31 bits per heavy atom. The molecule has 1 amide bonds.